The minimum Gasteiger partial charge on any atom is -0.390 e. The highest BCUT2D eigenvalue weighted by Gasteiger charge is 2.17. The van der Waals surface area contributed by atoms with Crippen LogP contribution in [-0.4, -0.2) is 19.5 Å². The van der Waals surface area contributed by atoms with Crippen LogP contribution < -0.4 is 0 Å². The molecule has 78 valence electrons. The number of rotatable bonds is 1. The lowest BCUT2D eigenvalue weighted by Crippen LogP contribution is -2.02. The maximum absolute atomic E-state index is 10.8. The Morgan fingerprint density at radius 3 is 2.88 bits per heavy atom. The van der Waals surface area contributed by atoms with Gasteiger partial charge in [0.25, 0.3) is 0 Å². The Morgan fingerprint density at radius 2 is 2.06 bits per heavy atom. The van der Waals surface area contributed by atoms with Crippen LogP contribution in [0.3, 0.4) is 0 Å². The molecule has 6 nitrogen and oxygen atoms in total. The average molecular weight is 214 g/mol. The van der Waals surface area contributed by atoms with Crippen molar-refractivity contribution < 1.29 is 4.92 Å². The lowest BCUT2D eigenvalue weighted by atomic mass is 10.2. The van der Waals surface area contributed by atoms with E-state index in [4.69, 9.17) is 0 Å². The Labute approximate surface area is 89.3 Å². The fourth-order valence-electron chi connectivity index (χ4n) is 1.73. The highest BCUT2D eigenvalue weighted by Crippen LogP contribution is 2.21. The standard InChI is InChI=1S/C10H6N4O2/c15-14(16)10-12-8-4-2-1-3-7(8)9-5-6-11-13(9)10/h1-6H. The summed E-state index contributed by atoms with van der Waals surface area (Å²) in [7, 11) is 0. The Hall–Kier alpha value is -2.50. The van der Waals surface area contributed by atoms with Gasteiger partial charge in [0.15, 0.2) is 5.52 Å². The maximum Gasteiger partial charge on any atom is 0.459 e. The number of nitro groups is 1. The molecule has 1 aromatic carbocycles. The van der Waals surface area contributed by atoms with Crippen molar-refractivity contribution >= 4 is 22.4 Å². The minimum atomic E-state index is -0.535. The molecular formula is C10H6N4O2. The van der Waals surface area contributed by atoms with E-state index in [0.717, 1.165) is 5.39 Å². The van der Waals surface area contributed by atoms with Crippen LogP contribution in [0.1, 0.15) is 0 Å². The molecule has 16 heavy (non-hydrogen) atoms. The molecule has 0 fully saturated rings. The molecule has 0 bridgehead atoms. The van der Waals surface area contributed by atoms with E-state index in [2.05, 4.69) is 10.1 Å². The van der Waals surface area contributed by atoms with Gasteiger partial charge in [0.05, 0.1) is 11.6 Å². The number of benzene rings is 1. The van der Waals surface area contributed by atoms with Gasteiger partial charge >= 0.3 is 5.95 Å². The zero-order chi connectivity index (χ0) is 11.1. The van der Waals surface area contributed by atoms with Gasteiger partial charge in [-0.15, -0.1) is 9.61 Å². The number of para-hydroxylation sites is 1. The Bertz CT molecular complexity index is 704. The summed E-state index contributed by atoms with van der Waals surface area (Å²) in [6.07, 6.45) is 1.52. The van der Waals surface area contributed by atoms with Crippen molar-refractivity contribution in [3.05, 3.63) is 46.6 Å². The third-order valence-electron chi connectivity index (χ3n) is 2.40. The third kappa shape index (κ3) is 1.07. The molecule has 0 N–H and O–H groups in total. The normalized spacial score (nSPS) is 11.0. The Balaban J connectivity index is 2.58. The fraction of sp³-hybridized carbons (Fsp3) is 0. The van der Waals surface area contributed by atoms with Gasteiger partial charge < -0.3 is 10.1 Å². The van der Waals surface area contributed by atoms with E-state index in [9.17, 15) is 10.1 Å². The summed E-state index contributed by atoms with van der Waals surface area (Å²) in [5.41, 5.74) is 1.29. The van der Waals surface area contributed by atoms with Crippen LogP contribution in [0.4, 0.5) is 5.95 Å². The largest absolute Gasteiger partial charge is 0.459 e. The van der Waals surface area contributed by atoms with Crippen LogP contribution in [0.15, 0.2) is 36.5 Å². The molecular weight excluding hydrogens is 208 g/mol. The minimum absolute atomic E-state index is 0.265. The first-order valence-corrected chi connectivity index (χ1v) is 4.64. The monoisotopic (exact) mass is 214 g/mol. The van der Waals surface area contributed by atoms with Gasteiger partial charge in [0.1, 0.15) is 5.52 Å². The first-order valence-electron chi connectivity index (χ1n) is 4.64. The summed E-state index contributed by atoms with van der Waals surface area (Å²) < 4.78 is 1.24. The number of fused-ring (bicyclic) bond motifs is 3. The summed E-state index contributed by atoms with van der Waals surface area (Å²) in [5, 5.41) is 15.6. The van der Waals surface area contributed by atoms with Crippen molar-refractivity contribution in [3.8, 4) is 0 Å². The smallest absolute Gasteiger partial charge is 0.390 e. The van der Waals surface area contributed by atoms with Crippen LogP contribution in [0.2, 0.25) is 0 Å². The molecule has 0 aliphatic rings. The van der Waals surface area contributed by atoms with Crippen LogP contribution in [0.5, 0.6) is 0 Å². The fourth-order valence-corrected chi connectivity index (χ4v) is 1.73. The van der Waals surface area contributed by atoms with Gasteiger partial charge in [-0.2, -0.15) is 0 Å². The van der Waals surface area contributed by atoms with E-state index in [1.165, 1.54) is 10.7 Å². The zero-order valence-electron chi connectivity index (χ0n) is 8.07. The first kappa shape index (κ1) is 8.78. The van der Waals surface area contributed by atoms with Crippen molar-refractivity contribution in [2.45, 2.75) is 0 Å². The Morgan fingerprint density at radius 1 is 1.25 bits per heavy atom. The second-order valence-corrected chi connectivity index (χ2v) is 3.31. The van der Waals surface area contributed by atoms with Crippen LogP contribution >= 0.6 is 0 Å². The van der Waals surface area contributed by atoms with Crippen molar-refractivity contribution in [2.24, 2.45) is 0 Å². The summed E-state index contributed by atoms with van der Waals surface area (Å²) in [4.78, 5) is 14.3. The number of aromatic nitrogens is 3. The van der Waals surface area contributed by atoms with Gasteiger partial charge in [-0.05, 0) is 17.1 Å². The number of nitrogens with zero attached hydrogens (tertiary/aromatic N) is 4. The van der Waals surface area contributed by atoms with E-state index in [0.29, 0.717) is 11.0 Å². The molecule has 0 aliphatic heterocycles. The maximum atomic E-state index is 10.8. The summed E-state index contributed by atoms with van der Waals surface area (Å²) >= 11 is 0. The summed E-state index contributed by atoms with van der Waals surface area (Å²) in [6.45, 7) is 0. The number of hydrogen-bond donors (Lipinski definition) is 0. The van der Waals surface area contributed by atoms with Crippen LogP contribution in [0.25, 0.3) is 16.4 Å². The van der Waals surface area contributed by atoms with Crippen molar-refractivity contribution in [3.63, 3.8) is 0 Å². The van der Waals surface area contributed by atoms with E-state index in [1.54, 1.807) is 18.2 Å². The molecule has 2 heterocycles. The predicted molar refractivity (Wildman–Crippen MR) is 57.1 cm³/mol. The van der Waals surface area contributed by atoms with Gasteiger partial charge in [0, 0.05) is 6.07 Å². The molecule has 3 rings (SSSR count). The molecule has 2 aromatic heterocycles. The quantitative estimate of drug-likeness (QED) is 0.457. The molecule has 3 aromatic rings. The van der Waals surface area contributed by atoms with E-state index in [-0.39, 0.29) is 5.95 Å². The Kier molecular flexibility index (Phi) is 1.64. The highest BCUT2D eigenvalue weighted by atomic mass is 16.6. The van der Waals surface area contributed by atoms with Crippen molar-refractivity contribution in [1.82, 2.24) is 14.6 Å². The lowest BCUT2D eigenvalue weighted by molar-refractivity contribution is -0.395. The second-order valence-electron chi connectivity index (χ2n) is 3.31. The predicted octanol–water partition coefficient (Wildman–Crippen LogP) is 1.79. The summed E-state index contributed by atoms with van der Waals surface area (Å²) in [6, 6.07) is 9.00. The zero-order valence-corrected chi connectivity index (χ0v) is 8.07. The summed E-state index contributed by atoms with van der Waals surface area (Å²) in [5.74, 6) is -0.265. The topological polar surface area (TPSA) is 73.3 Å². The molecule has 6 heteroatoms. The molecule has 0 spiro atoms. The van der Waals surface area contributed by atoms with E-state index >= 15 is 0 Å². The molecule has 0 aliphatic carbocycles. The highest BCUT2D eigenvalue weighted by molar-refractivity contribution is 5.93. The molecule has 0 saturated carbocycles. The van der Waals surface area contributed by atoms with Crippen molar-refractivity contribution in [1.29, 1.82) is 0 Å². The molecule has 0 saturated heterocycles. The van der Waals surface area contributed by atoms with Crippen LogP contribution in [0, 0.1) is 10.1 Å². The van der Waals surface area contributed by atoms with E-state index in [1.807, 2.05) is 12.1 Å². The van der Waals surface area contributed by atoms with Gasteiger partial charge in [-0.3, -0.25) is 0 Å². The molecule has 0 amide bonds. The molecule has 0 atom stereocenters. The number of hydrogen-bond acceptors (Lipinski definition) is 4. The SMILES string of the molecule is O=[N+]([O-])c1nc2ccccc2c2ccnn12. The third-order valence-corrected chi connectivity index (χ3v) is 2.40. The van der Waals surface area contributed by atoms with Gasteiger partial charge in [-0.25, -0.2) is 0 Å². The van der Waals surface area contributed by atoms with Gasteiger partial charge in [-0.1, -0.05) is 17.1 Å². The van der Waals surface area contributed by atoms with E-state index < -0.39 is 4.92 Å². The second kappa shape index (κ2) is 2.99. The molecule has 0 radical (unpaired) electrons. The molecule has 0 unspecified atom stereocenters. The van der Waals surface area contributed by atoms with Crippen molar-refractivity contribution in [2.75, 3.05) is 0 Å². The lowest BCUT2D eigenvalue weighted by Gasteiger charge is -1.98. The first-order chi connectivity index (χ1) is 7.77. The van der Waals surface area contributed by atoms with Gasteiger partial charge in [0.2, 0.25) is 0 Å². The average Bonchev–Trinajstić information content (AvgIpc) is 2.76. The van der Waals surface area contributed by atoms with Crippen LogP contribution in [-0.2, 0) is 0 Å².